The van der Waals surface area contributed by atoms with Crippen LogP contribution in [0.4, 0.5) is 3.89 Å². The van der Waals surface area contributed by atoms with Crippen molar-refractivity contribution in [3.63, 3.8) is 0 Å². The normalized spacial score (nSPS) is 12.5. The Morgan fingerprint density at radius 3 is 2.43 bits per heavy atom. The van der Waals surface area contributed by atoms with Crippen molar-refractivity contribution in [2.24, 2.45) is 0 Å². The number of ether oxygens (including phenoxy) is 1. The van der Waals surface area contributed by atoms with Gasteiger partial charge in [-0.3, -0.25) is 4.79 Å². The van der Waals surface area contributed by atoms with Crippen molar-refractivity contribution in [2.75, 3.05) is 6.61 Å². The molecule has 1 aromatic rings. The Morgan fingerprint density at radius 2 is 1.95 bits per heavy atom. The third-order valence-electron chi connectivity index (χ3n) is 2.46. The fourth-order valence-electron chi connectivity index (χ4n) is 1.55. The number of benzene rings is 1. The van der Waals surface area contributed by atoms with E-state index in [9.17, 15) is 27.0 Å². The van der Waals surface area contributed by atoms with Gasteiger partial charge in [-0.25, -0.2) is 4.79 Å². The van der Waals surface area contributed by atoms with Crippen LogP contribution in [0.5, 0.6) is 0 Å². The number of esters is 1. The molecule has 1 N–H and O–H groups in total. The molecule has 0 unspecified atom stereocenters. The fourth-order valence-corrected chi connectivity index (χ4v) is 2.06. The number of hydrogen-bond acceptors (Lipinski definition) is 6. The molecule has 8 heteroatoms. The van der Waals surface area contributed by atoms with Crippen molar-refractivity contribution < 1.29 is 31.7 Å². The molecule has 0 aliphatic rings. The molecule has 0 heterocycles. The molecule has 0 radical (unpaired) electrons. The summed E-state index contributed by atoms with van der Waals surface area (Å²) in [7, 11) is -4.97. The number of rotatable bonds is 5. The van der Waals surface area contributed by atoms with Crippen molar-refractivity contribution in [3.8, 4) is 0 Å². The zero-order chi connectivity index (χ0) is 16.2. The average molecular weight is 316 g/mol. The molecule has 1 aromatic carbocycles. The molecule has 0 fully saturated rings. The van der Waals surface area contributed by atoms with Gasteiger partial charge in [0.05, 0.1) is 11.5 Å². The fraction of sp³-hybridized carbons (Fsp3) is 0.231. The van der Waals surface area contributed by atoms with Gasteiger partial charge in [-0.2, -0.15) is 8.42 Å². The summed E-state index contributed by atoms with van der Waals surface area (Å²) >= 11 is 0. The Kier molecular flexibility index (Phi) is 5.20. The van der Waals surface area contributed by atoms with Crippen LogP contribution in [0.25, 0.3) is 5.76 Å². The lowest BCUT2D eigenvalue weighted by molar-refractivity contribution is -0.139. The number of carbonyl (C=O) groups excluding carboxylic acids is 2. The smallest absolute Gasteiger partial charge is 0.345 e. The number of hydrogen-bond donors (Lipinski definition) is 1. The van der Waals surface area contributed by atoms with Crippen LogP contribution in [0.2, 0.25) is 0 Å². The molecule has 1 rings (SSSR count). The first-order valence-corrected chi connectivity index (χ1v) is 7.23. The highest BCUT2D eigenvalue weighted by atomic mass is 32.3. The number of carbonyl (C=O) groups is 2. The average Bonchev–Trinajstić information content (AvgIpc) is 2.37. The summed E-state index contributed by atoms with van der Waals surface area (Å²) in [6, 6.07) is 4.18. The van der Waals surface area contributed by atoms with Crippen molar-refractivity contribution in [1.29, 1.82) is 0 Å². The SMILES string of the molecule is CCOC(=O)/C(C(C)=O)=C(\O)c1cccc(S(=O)(=O)F)c1. The summed E-state index contributed by atoms with van der Waals surface area (Å²) in [6.07, 6.45) is 0. The van der Waals surface area contributed by atoms with Crippen molar-refractivity contribution >= 4 is 27.7 Å². The third-order valence-corrected chi connectivity index (χ3v) is 3.27. The molecular weight excluding hydrogens is 303 g/mol. The van der Waals surface area contributed by atoms with Crippen LogP contribution < -0.4 is 0 Å². The van der Waals surface area contributed by atoms with Crippen molar-refractivity contribution in [3.05, 3.63) is 35.4 Å². The first-order chi connectivity index (χ1) is 9.68. The van der Waals surface area contributed by atoms with E-state index in [0.717, 1.165) is 19.1 Å². The van der Waals surface area contributed by atoms with Gasteiger partial charge in [0.15, 0.2) is 5.78 Å². The highest BCUT2D eigenvalue weighted by Gasteiger charge is 2.23. The van der Waals surface area contributed by atoms with E-state index in [2.05, 4.69) is 4.74 Å². The first-order valence-electron chi connectivity index (χ1n) is 5.84. The minimum atomic E-state index is -4.97. The monoisotopic (exact) mass is 316 g/mol. The maximum Gasteiger partial charge on any atom is 0.345 e. The summed E-state index contributed by atoms with van der Waals surface area (Å²) in [5.41, 5.74) is -0.822. The number of halogens is 1. The van der Waals surface area contributed by atoms with Gasteiger partial charge in [-0.15, -0.1) is 3.89 Å². The first kappa shape index (κ1) is 16.8. The maximum atomic E-state index is 12.9. The van der Waals surface area contributed by atoms with Gasteiger partial charge < -0.3 is 9.84 Å². The van der Waals surface area contributed by atoms with Gasteiger partial charge in [-0.05, 0) is 26.0 Å². The molecule has 0 saturated carbocycles. The second kappa shape index (κ2) is 6.49. The number of Topliss-reactive ketones (excluding diaryl/α,β-unsaturated/α-hetero) is 1. The van der Waals surface area contributed by atoms with E-state index in [1.807, 2.05) is 0 Å². The Balaban J connectivity index is 3.44. The van der Waals surface area contributed by atoms with Gasteiger partial charge in [0.25, 0.3) is 0 Å². The summed E-state index contributed by atoms with van der Waals surface area (Å²) in [5.74, 6) is -2.58. The Morgan fingerprint density at radius 1 is 1.33 bits per heavy atom. The van der Waals surface area contributed by atoms with E-state index in [0.29, 0.717) is 0 Å². The summed E-state index contributed by atoms with van der Waals surface area (Å²) in [5, 5.41) is 9.98. The maximum absolute atomic E-state index is 12.9. The highest BCUT2D eigenvalue weighted by molar-refractivity contribution is 7.86. The Hall–Kier alpha value is -2.22. The summed E-state index contributed by atoms with van der Waals surface area (Å²) in [4.78, 5) is 22.4. The van der Waals surface area contributed by atoms with E-state index in [1.54, 1.807) is 0 Å². The molecule has 0 saturated heterocycles. The predicted molar refractivity (Wildman–Crippen MR) is 71.6 cm³/mol. The second-order valence-corrected chi connectivity index (χ2v) is 5.31. The third kappa shape index (κ3) is 4.12. The minimum Gasteiger partial charge on any atom is -0.506 e. The molecule has 21 heavy (non-hydrogen) atoms. The molecule has 0 aromatic heterocycles. The van der Waals surface area contributed by atoms with Crippen LogP contribution in [0.15, 0.2) is 34.7 Å². The van der Waals surface area contributed by atoms with Crippen LogP contribution in [-0.4, -0.2) is 31.9 Å². The van der Waals surface area contributed by atoms with Gasteiger partial charge in [0.2, 0.25) is 0 Å². The van der Waals surface area contributed by atoms with Gasteiger partial charge in [-0.1, -0.05) is 12.1 Å². The zero-order valence-electron chi connectivity index (χ0n) is 11.3. The van der Waals surface area contributed by atoms with Crippen molar-refractivity contribution in [1.82, 2.24) is 0 Å². The quantitative estimate of drug-likeness (QED) is 0.222. The lowest BCUT2D eigenvalue weighted by atomic mass is 10.1. The molecule has 0 aliphatic carbocycles. The highest BCUT2D eigenvalue weighted by Crippen LogP contribution is 2.22. The number of ketones is 1. The molecule has 0 aliphatic heterocycles. The Bertz CT molecular complexity index is 705. The van der Waals surface area contributed by atoms with E-state index in [1.165, 1.54) is 19.1 Å². The van der Waals surface area contributed by atoms with Crippen LogP contribution in [0, 0.1) is 0 Å². The molecule has 0 bridgehead atoms. The molecule has 6 nitrogen and oxygen atoms in total. The topological polar surface area (TPSA) is 97.7 Å². The molecule has 0 spiro atoms. The standard InChI is InChI=1S/C13H13FO6S/c1-3-20-13(17)11(8(2)15)12(16)9-5-4-6-10(7-9)21(14,18)19/h4-7,16H,3H2,1-2H3/b12-11-. The van der Waals surface area contributed by atoms with E-state index < -0.39 is 38.2 Å². The largest absolute Gasteiger partial charge is 0.506 e. The van der Waals surface area contributed by atoms with Gasteiger partial charge >= 0.3 is 16.2 Å². The van der Waals surface area contributed by atoms with Crippen LogP contribution in [0.3, 0.4) is 0 Å². The van der Waals surface area contributed by atoms with Crippen molar-refractivity contribution in [2.45, 2.75) is 18.7 Å². The summed E-state index contributed by atoms with van der Waals surface area (Å²) < 4.78 is 39.2. The molecule has 114 valence electrons. The lowest BCUT2D eigenvalue weighted by Crippen LogP contribution is -2.16. The van der Waals surface area contributed by atoms with E-state index in [4.69, 9.17) is 0 Å². The lowest BCUT2D eigenvalue weighted by Gasteiger charge is -2.08. The number of aliphatic hydroxyl groups is 1. The van der Waals surface area contributed by atoms with E-state index >= 15 is 0 Å². The van der Waals surface area contributed by atoms with Crippen LogP contribution >= 0.6 is 0 Å². The predicted octanol–water partition coefficient (Wildman–Crippen LogP) is 1.77. The minimum absolute atomic E-state index is 0.0121. The molecule has 0 atom stereocenters. The molecular formula is C13H13FO6S. The van der Waals surface area contributed by atoms with Crippen LogP contribution in [0.1, 0.15) is 19.4 Å². The Labute approximate surface area is 121 Å². The van der Waals surface area contributed by atoms with Gasteiger partial charge in [0, 0.05) is 5.56 Å². The molecule has 0 amide bonds. The second-order valence-electron chi connectivity index (χ2n) is 3.97. The zero-order valence-corrected chi connectivity index (χ0v) is 12.1. The summed E-state index contributed by atoms with van der Waals surface area (Å²) in [6.45, 7) is 2.54. The number of aliphatic hydroxyl groups excluding tert-OH is 1. The van der Waals surface area contributed by atoms with Crippen LogP contribution in [-0.2, 0) is 24.5 Å². The van der Waals surface area contributed by atoms with E-state index in [-0.39, 0.29) is 12.2 Å². The van der Waals surface area contributed by atoms with Gasteiger partial charge in [0.1, 0.15) is 11.3 Å².